The summed E-state index contributed by atoms with van der Waals surface area (Å²) in [6.45, 7) is 9.75. The van der Waals surface area contributed by atoms with Gasteiger partial charge < -0.3 is 5.73 Å². The Hall–Kier alpha value is -1.33. The zero-order valence-corrected chi connectivity index (χ0v) is 10.3. The second-order valence-corrected chi connectivity index (χ2v) is 3.72. The maximum atomic E-state index is 5.73. The molecule has 0 amide bonds. The third kappa shape index (κ3) is 6.70. The SMILES string of the molecule is CC.Cc1cncc(C#CC(C)(C)N)c1. The molecule has 0 saturated heterocycles. The van der Waals surface area contributed by atoms with Gasteiger partial charge in [-0.3, -0.25) is 4.98 Å². The lowest BCUT2D eigenvalue weighted by molar-refractivity contribution is 0.680. The summed E-state index contributed by atoms with van der Waals surface area (Å²) in [5.74, 6) is 5.94. The van der Waals surface area contributed by atoms with E-state index in [1.807, 2.05) is 40.7 Å². The average Bonchev–Trinajstić information content (AvgIpc) is 2.17. The van der Waals surface area contributed by atoms with Gasteiger partial charge in [-0.05, 0) is 32.4 Å². The van der Waals surface area contributed by atoms with E-state index in [1.165, 1.54) is 0 Å². The smallest absolute Gasteiger partial charge is 0.0722 e. The molecule has 15 heavy (non-hydrogen) atoms. The van der Waals surface area contributed by atoms with Gasteiger partial charge in [0.15, 0.2) is 0 Å². The highest BCUT2D eigenvalue weighted by molar-refractivity contribution is 5.35. The molecule has 0 atom stereocenters. The lowest BCUT2D eigenvalue weighted by atomic mass is 10.1. The highest BCUT2D eigenvalue weighted by Crippen LogP contribution is 2.00. The van der Waals surface area contributed by atoms with Crippen LogP contribution >= 0.6 is 0 Å². The molecule has 0 aliphatic carbocycles. The summed E-state index contributed by atoms with van der Waals surface area (Å²) in [4.78, 5) is 4.04. The van der Waals surface area contributed by atoms with Crippen molar-refractivity contribution in [3.63, 3.8) is 0 Å². The van der Waals surface area contributed by atoms with Gasteiger partial charge in [0.25, 0.3) is 0 Å². The predicted molar refractivity (Wildman–Crippen MR) is 65.5 cm³/mol. The molecular formula is C13H20N2. The van der Waals surface area contributed by atoms with Crippen LogP contribution in [-0.2, 0) is 0 Å². The monoisotopic (exact) mass is 204 g/mol. The minimum atomic E-state index is -0.441. The summed E-state index contributed by atoms with van der Waals surface area (Å²) in [6, 6.07) is 1.99. The summed E-state index contributed by atoms with van der Waals surface area (Å²) < 4.78 is 0. The molecule has 1 aromatic heterocycles. The molecule has 1 rings (SSSR count). The van der Waals surface area contributed by atoms with E-state index in [0.717, 1.165) is 11.1 Å². The highest BCUT2D eigenvalue weighted by Gasteiger charge is 2.03. The molecule has 2 N–H and O–H groups in total. The van der Waals surface area contributed by atoms with Gasteiger partial charge in [-0.1, -0.05) is 25.7 Å². The molecule has 0 aliphatic heterocycles. The third-order valence-electron chi connectivity index (χ3n) is 1.40. The van der Waals surface area contributed by atoms with Crippen molar-refractivity contribution in [1.29, 1.82) is 0 Å². The molecule has 2 heteroatoms. The number of nitrogens with zero attached hydrogens (tertiary/aromatic N) is 1. The van der Waals surface area contributed by atoms with Crippen molar-refractivity contribution in [2.45, 2.75) is 40.2 Å². The predicted octanol–water partition coefficient (Wildman–Crippen LogP) is 2.51. The van der Waals surface area contributed by atoms with Crippen molar-refractivity contribution in [3.8, 4) is 11.8 Å². The molecule has 0 spiro atoms. The van der Waals surface area contributed by atoms with E-state index < -0.39 is 5.54 Å². The number of aromatic nitrogens is 1. The Labute approximate surface area is 92.9 Å². The Morgan fingerprint density at radius 3 is 2.33 bits per heavy atom. The molecule has 82 valence electrons. The zero-order valence-electron chi connectivity index (χ0n) is 10.3. The van der Waals surface area contributed by atoms with E-state index in [0.29, 0.717) is 0 Å². The number of hydrogen-bond acceptors (Lipinski definition) is 2. The molecular weight excluding hydrogens is 184 g/mol. The number of pyridine rings is 1. The van der Waals surface area contributed by atoms with Crippen molar-refractivity contribution < 1.29 is 0 Å². The lowest BCUT2D eigenvalue weighted by Crippen LogP contribution is -2.29. The van der Waals surface area contributed by atoms with Crippen molar-refractivity contribution in [3.05, 3.63) is 29.6 Å². The van der Waals surface area contributed by atoms with Crippen LogP contribution in [-0.4, -0.2) is 10.5 Å². The minimum Gasteiger partial charge on any atom is -0.316 e. The fraction of sp³-hybridized carbons (Fsp3) is 0.462. The molecule has 1 heterocycles. The van der Waals surface area contributed by atoms with Crippen molar-refractivity contribution >= 4 is 0 Å². The Kier molecular flexibility index (Phi) is 5.66. The van der Waals surface area contributed by atoms with Gasteiger partial charge in [0.2, 0.25) is 0 Å². The van der Waals surface area contributed by atoms with E-state index in [1.54, 1.807) is 12.4 Å². The van der Waals surface area contributed by atoms with Crippen LogP contribution in [0.1, 0.15) is 38.8 Å². The van der Waals surface area contributed by atoms with Crippen LogP contribution in [0.5, 0.6) is 0 Å². The molecule has 0 saturated carbocycles. The van der Waals surface area contributed by atoms with Crippen LogP contribution in [0.4, 0.5) is 0 Å². The second-order valence-electron chi connectivity index (χ2n) is 3.72. The zero-order chi connectivity index (χ0) is 11.9. The molecule has 0 radical (unpaired) electrons. The fourth-order valence-corrected chi connectivity index (χ4v) is 0.857. The van der Waals surface area contributed by atoms with Crippen LogP contribution in [0, 0.1) is 18.8 Å². The first-order chi connectivity index (χ1) is 6.97. The van der Waals surface area contributed by atoms with Crippen molar-refractivity contribution in [2.75, 3.05) is 0 Å². The number of nitrogens with two attached hydrogens (primary N) is 1. The van der Waals surface area contributed by atoms with Crippen LogP contribution in [0.3, 0.4) is 0 Å². The normalized spacial score (nSPS) is 9.47. The molecule has 0 aliphatic rings. The van der Waals surface area contributed by atoms with E-state index in [4.69, 9.17) is 5.73 Å². The second kappa shape index (κ2) is 6.21. The first-order valence-corrected chi connectivity index (χ1v) is 5.21. The Balaban J connectivity index is 0.000000921. The Morgan fingerprint density at radius 2 is 1.87 bits per heavy atom. The summed E-state index contributed by atoms with van der Waals surface area (Å²) in [7, 11) is 0. The number of hydrogen-bond donors (Lipinski definition) is 1. The summed E-state index contributed by atoms with van der Waals surface area (Å²) >= 11 is 0. The van der Waals surface area contributed by atoms with Gasteiger partial charge in [0, 0.05) is 18.0 Å². The standard InChI is InChI=1S/C11H14N2.C2H6/c1-9-6-10(8-13-7-9)4-5-11(2,3)12;1-2/h6-8H,12H2,1-3H3;1-2H3. The van der Waals surface area contributed by atoms with Crippen molar-refractivity contribution in [2.24, 2.45) is 5.73 Å². The lowest BCUT2D eigenvalue weighted by Gasteiger charge is -2.07. The molecule has 0 bridgehead atoms. The summed E-state index contributed by atoms with van der Waals surface area (Å²) in [5, 5.41) is 0. The first kappa shape index (κ1) is 13.7. The number of rotatable bonds is 0. The van der Waals surface area contributed by atoms with Gasteiger partial charge >= 0.3 is 0 Å². The minimum absolute atomic E-state index is 0.441. The molecule has 2 nitrogen and oxygen atoms in total. The third-order valence-corrected chi connectivity index (χ3v) is 1.40. The van der Waals surface area contributed by atoms with Crippen molar-refractivity contribution in [1.82, 2.24) is 4.98 Å². The molecule has 0 fully saturated rings. The first-order valence-electron chi connectivity index (χ1n) is 5.21. The van der Waals surface area contributed by atoms with E-state index in [9.17, 15) is 0 Å². The highest BCUT2D eigenvalue weighted by atomic mass is 14.7. The fourth-order valence-electron chi connectivity index (χ4n) is 0.857. The van der Waals surface area contributed by atoms with E-state index in [-0.39, 0.29) is 0 Å². The number of aryl methyl sites for hydroxylation is 1. The van der Waals surface area contributed by atoms with Crippen LogP contribution < -0.4 is 5.73 Å². The summed E-state index contributed by atoms with van der Waals surface area (Å²) in [6.07, 6.45) is 3.55. The van der Waals surface area contributed by atoms with Gasteiger partial charge in [0.1, 0.15) is 0 Å². The Bertz CT molecular complexity index is 351. The topological polar surface area (TPSA) is 38.9 Å². The molecule has 0 aromatic carbocycles. The van der Waals surface area contributed by atoms with Gasteiger partial charge in [-0.2, -0.15) is 0 Å². The molecule has 0 unspecified atom stereocenters. The van der Waals surface area contributed by atoms with E-state index in [2.05, 4.69) is 16.8 Å². The van der Waals surface area contributed by atoms with Crippen LogP contribution in [0.15, 0.2) is 18.5 Å². The van der Waals surface area contributed by atoms with Crippen LogP contribution in [0.2, 0.25) is 0 Å². The molecule has 1 aromatic rings. The maximum Gasteiger partial charge on any atom is 0.0722 e. The summed E-state index contributed by atoms with van der Waals surface area (Å²) in [5.41, 5.74) is 7.31. The van der Waals surface area contributed by atoms with Crippen LogP contribution in [0.25, 0.3) is 0 Å². The maximum absolute atomic E-state index is 5.73. The van der Waals surface area contributed by atoms with E-state index >= 15 is 0 Å². The van der Waals surface area contributed by atoms with Gasteiger partial charge in [-0.15, -0.1) is 0 Å². The Morgan fingerprint density at radius 1 is 1.27 bits per heavy atom. The average molecular weight is 204 g/mol. The van der Waals surface area contributed by atoms with Gasteiger partial charge in [0.05, 0.1) is 5.54 Å². The van der Waals surface area contributed by atoms with Gasteiger partial charge in [-0.25, -0.2) is 0 Å². The quantitative estimate of drug-likeness (QED) is 0.659. The largest absolute Gasteiger partial charge is 0.316 e.